The fourth-order valence-electron chi connectivity index (χ4n) is 7.29. The van der Waals surface area contributed by atoms with Crippen molar-refractivity contribution in [2.75, 3.05) is 13.2 Å². The lowest BCUT2D eigenvalue weighted by molar-refractivity contribution is -0.220. The molecular formula is C48H87O13P. The second kappa shape index (κ2) is 38.3. The second-order valence-corrected chi connectivity index (χ2v) is 18.4. The number of hydrogen-bond donors (Lipinski definition) is 6. The summed E-state index contributed by atoms with van der Waals surface area (Å²) in [5.74, 6) is -1.14. The van der Waals surface area contributed by atoms with E-state index < -0.39 is 75.7 Å². The quantitative estimate of drug-likeness (QED) is 0.0147. The van der Waals surface area contributed by atoms with Crippen molar-refractivity contribution < 1.29 is 63.1 Å². The molecule has 0 aromatic carbocycles. The van der Waals surface area contributed by atoms with Crippen molar-refractivity contribution in [3.63, 3.8) is 0 Å². The number of phosphoric ester groups is 1. The molecule has 0 aromatic heterocycles. The molecule has 0 bridgehead atoms. The van der Waals surface area contributed by atoms with E-state index >= 15 is 0 Å². The minimum Gasteiger partial charge on any atom is -0.462 e. The Morgan fingerprint density at radius 1 is 0.500 bits per heavy atom. The average Bonchev–Trinajstić information content (AvgIpc) is 3.25. The van der Waals surface area contributed by atoms with Crippen LogP contribution >= 0.6 is 7.82 Å². The zero-order chi connectivity index (χ0) is 45.7. The van der Waals surface area contributed by atoms with Gasteiger partial charge < -0.3 is 39.9 Å². The van der Waals surface area contributed by atoms with Crippen LogP contribution in [0.2, 0.25) is 0 Å². The van der Waals surface area contributed by atoms with E-state index in [4.69, 9.17) is 18.5 Å². The van der Waals surface area contributed by atoms with E-state index in [1.807, 2.05) is 0 Å². The average molecular weight is 903 g/mol. The molecule has 1 fully saturated rings. The van der Waals surface area contributed by atoms with Gasteiger partial charge in [-0.2, -0.15) is 0 Å². The molecule has 8 atom stereocenters. The summed E-state index contributed by atoms with van der Waals surface area (Å²) in [5.41, 5.74) is 0. The molecule has 1 rings (SSSR count). The van der Waals surface area contributed by atoms with Crippen molar-refractivity contribution in [2.45, 2.75) is 243 Å². The van der Waals surface area contributed by atoms with Gasteiger partial charge in [-0.05, 0) is 51.4 Å². The number of rotatable bonds is 40. The van der Waals surface area contributed by atoms with Crippen molar-refractivity contribution in [3.05, 3.63) is 36.5 Å². The highest BCUT2D eigenvalue weighted by atomic mass is 31.2. The molecule has 362 valence electrons. The Morgan fingerprint density at radius 2 is 0.871 bits per heavy atom. The molecule has 13 nitrogen and oxygen atoms in total. The van der Waals surface area contributed by atoms with Gasteiger partial charge in [0.1, 0.15) is 43.2 Å². The maximum absolute atomic E-state index is 12.8. The molecule has 6 N–H and O–H groups in total. The number of aliphatic hydroxyl groups excluding tert-OH is 5. The summed E-state index contributed by atoms with van der Waals surface area (Å²) in [6.45, 7) is 3.25. The summed E-state index contributed by atoms with van der Waals surface area (Å²) in [7, 11) is -5.13. The van der Waals surface area contributed by atoms with Crippen LogP contribution < -0.4 is 0 Å². The zero-order valence-electron chi connectivity index (χ0n) is 38.4. The number of unbranched alkanes of at least 4 members (excludes halogenated alkanes) is 22. The first-order chi connectivity index (χ1) is 29.9. The van der Waals surface area contributed by atoms with E-state index in [2.05, 4.69) is 50.3 Å². The van der Waals surface area contributed by atoms with Crippen LogP contribution in [0.15, 0.2) is 36.5 Å². The van der Waals surface area contributed by atoms with Gasteiger partial charge in [-0.25, -0.2) is 4.57 Å². The van der Waals surface area contributed by atoms with Crippen LogP contribution in [-0.4, -0.2) is 98.3 Å². The zero-order valence-corrected chi connectivity index (χ0v) is 39.3. The van der Waals surface area contributed by atoms with E-state index in [0.717, 1.165) is 57.8 Å². The maximum atomic E-state index is 12.8. The molecule has 62 heavy (non-hydrogen) atoms. The lowest BCUT2D eigenvalue weighted by atomic mass is 9.85. The predicted molar refractivity (Wildman–Crippen MR) is 244 cm³/mol. The van der Waals surface area contributed by atoms with Gasteiger partial charge in [-0.1, -0.05) is 172 Å². The Balaban J connectivity index is 2.45. The number of carbonyl (C=O) groups excluding carboxylic acids is 2. The first-order valence-electron chi connectivity index (χ1n) is 24.3. The summed E-state index contributed by atoms with van der Waals surface area (Å²) < 4.78 is 33.5. The van der Waals surface area contributed by atoms with Crippen molar-refractivity contribution in [1.82, 2.24) is 0 Å². The molecule has 0 aromatic rings. The summed E-state index contributed by atoms with van der Waals surface area (Å²) in [6, 6.07) is 0. The highest BCUT2D eigenvalue weighted by molar-refractivity contribution is 7.47. The number of ether oxygens (including phenoxy) is 2. The number of carbonyl (C=O) groups is 2. The van der Waals surface area contributed by atoms with E-state index in [1.165, 1.54) is 103 Å². The number of hydrogen-bond acceptors (Lipinski definition) is 12. The van der Waals surface area contributed by atoms with E-state index in [9.17, 15) is 44.6 Å². The molecule has 1 aliphatic rings. The third-order valence-corrected chi connectivity index (χ3v) is 12.2. The molecule has 1 aliphatic carbocycles. The minimum absolute atomic E-state index is 0.0918. The SMILES string of the molecule is CCCCC/C=C/C/C=C/C/C=C/CCCCC(=O)OC[C@H](COP(=O)(O)OC1C(O)C(O)C(O)[C@H](O)C1O)OC(=O)CCCCCCCCCCCCCCCCCCCC. The van der Waals surface area contributed by atoms with Gasteiger partial charge in [0, 0.05) is 12.8 Å². The molecular weight excluding hydrogens is 815 g/mol. The van der Waals surface area contributed by atoms with E-state index in [-0.39, 0.29) is 12.8 Å². The Labute approximate surface area is 374 Å². The third-order valence-electron chi connectivity index (χ3n) is 11.2. The highest BCUT2D eigenvalue weighted by Crippen LogP contribution is 2.47. The monoisotopic (exact) mass is 903 g/mol. The normalized spacial score (nSPS) is 22.1. The van der Waals surface area contributed by atoms with Gasteiger partial charge in [-0.15, -0.1) is 0 Å². The Kier molecular flexibility index (Phi) is 35.9. The lowest BCUT2D eigenvalue weighted by Gasteiger charge is -2.41. The fraction of sp³-hybridized carbons (Fsp3) is 0.833. The van der Waals surface area contributed by atoms with Gasteiger partial charge in [0.15, 0.2) is 6.10 Å². The number of allylic oxidation sites excluding steroid dienone is 6. The van der Waals surface area contributed by atoms with Gasteiger partial charge in [0.2, 0.25) is 0 Å². The van der Waals surface area contributed by atoms with Crippen molar-refractivity contribution >= 4 is 19.8 Å². The molecule has 0 saturated heterocycles. The van der Waals surface area contributed by atoms with Crippen LogP contribution in [0.4, 0.5) is 0 Å². The lowest BCUT2D eigenvalue weighted by Crippen LogP contribution is -2.64. The third kappa shape index (κ3) is 30.3. The second-order valence-electron chi connectivity index (χ2n) is 17.0. The first kappa shape index (κ1) is 58.1. The van der Waals surface area contributed by atoms with Crippen LogP contribution in [0.25, 0.3) is 0 Å². The molecule has 1 saturated carbocycles. The molecule has 0 heterocycles. The van der Waals surface area contributed by atoms with Crippen molar-refractivity contribution in [1.29, 1.82) is 0 Å². The van der Waals surface area contributed by atoms with Gasteiger partial charge in [-0.3, -0.25) is 18.6 Å². The van der Waals surface area contributed by atoms with Crippen LogP contribution in [0.1, 0.15) is 200 Å². The topological polar surface area (TPSA) is 210 Å². The first-order valence-corrected chi connectivity index (χ1v) is 25.8. The van der Waals surface area contributed by atoms with Gasteiger partial charge in [0.05, 0.1) is 6.61 Å². The van der Waals surface area contributed by atoms with Gasteiger partial charge >= 0.3 is 19.8 Å². The molecule has 14 heteroatoms. The smallest absolute Gasteiger partial charge is 0.462 e. The van der Waals surface area contributed by atoms with Crippen LogP contribution in [0, 0.1) is 0 Å². The number of esters is 2. The molecule has 0 radical (unpaired) electrons. The Morgan fingerprint density at radius 3 is 1.35 bits per heavy atom. The molecule has 0 aliphatic heterocycles. The summed E-state index contributed by atoms with van der Waals surface area (Å²) in [5, 5.41) is 50.2. The Hall–Kier alpha value is -1.93. The van der Waals surface area contributed by atoms with Gasteiger partial charge in [0.25, 0.3) is 0 Å². The largest absolute Gasteiger partial charge is 0.472 e. The van der Waals surface area contributed by atoms with E-state index in [0.29, 0.717) is 12.8 Å². The van der Waals surface area contributed by atoms with Crippen LogP contribution in [0.3, 0.4) is 0 Å². The maximum Gasteiger partial charge on any atom is 0.472 e. The standard InChI is InChI=1S/C48H87O13P/c1-3-5-7-9-11-13-15-17-19-20-21-23-25-27-29-31-33-35-37-42(50)60-40(39-59-62(56,57)61-48-46(54)44(52)43(51)45(53)47(48)55)38-58-41(49)36-34-32-30-28-26-24-22-18-16-14-12-10-8-6-4-2/h12,14,18,22,26,28,40,43-48,51-55H,3-11,13,15-17,19-21,23-25,27,29-39H2,1-2H3,(H,56,57)/b14-12+,22-18+,28-26+/t40-,43?,44+,45?,46?,47?,48?/m1/s1. The summed E-state index contributed by atoms with van der Waals surface area (Å²) >= 11 is 0. The van der Waals surface area contributed by atoms with Crippen molar-refractivity contribution in [2.24, 2.45) is 0 Å². The Bertz CT molecular complexity index is 1230. The number of phosphoric acid groups is 1. The molecule has 0 spiro atoms. The minimum atomic E-state index is -5.13. The fourth-order valence-corrected chi connectivity index (χ4v) is 8.27. The predicted octanol–water partition coefficient (Wildman–Crippen LogP) is 9.78. The van der Waals surface area contributed by atoms with Crippen LogP contribution in [-0.2, 0) is 32.7 Å². The molecule has 0 amide bonds. The van der Waals surface area contributed by atoms with Crippen LogP contribution in [0.5, 0.6) is 0 Å². The van der Waals surface area contributed by atoms with E-state index in [1.54, 1.807) is 0 Å². The molecule has 6 unspecified atom stereocenters. The number of aliphatic hydroxyl groups is 5. The van der Waals surface area contributed by atoms with Crippen molar-refractivity contribution in [3.8, 4) is 0 Å². The summed E-state index contributed by atoms with van der Waals surface area (Å²) in [6.07, 6.45) is 30.5. The summed E-state index contributed by atoms with van der Waals surface area (Å²) in [4.78, 5) is 35.7. The highest BCUT2D eigenvalue weighted by Gasteiger charge is 2.51.